The highest BCUT2D eigenvalue weighted by Gasteiger charge is 2.34. The number of rotatable bonds is 7. The standard InChI is InChI=1S/C16H13Cl2F3N2O3S2/c17-9-1-4-14(27-6-5-15(22)24)13(7-9)23-28(25,26)10-2-3-12(18)11(8-10)16(19,20)21/h1-4,7-8,23H,5-6H2,(H2,22,24). The second-order valence-electron chi connectivity index (χ2n) is 5.45. The van der Waals surface area contributed by atoms with Crippen LogP contribution in [-0.4, -0.2) is 20.1 Å². The zero-order chi connectivity index (χ0) is 21.1. The molecule has 28 heavy (non-hydrogen) atoms. The van der Waals surface area contributed by atoms with Crippen LogP contribution in [0.25, 0.3) is 0 Å². The van der Waals surface area contributed by atoms with Crippen molar-refractivity contribution in [2.75, 3.05) is 10.5 Å². The van der Waals surface area contributed by atoms with Gasteiger partial charge in [-0.15, -0.1) is 11.8 Å². The maximum absolute atomic E-state index is 13.0. The number of halogens is 5. The average molecular weight is 473 g/mol. The summed E-state index contributed by atoms with van der Waals surface area (Å²) in [5, 5.41) is -0.402. The molecule has 0 atom stereocenters. The number of carbonyl (C=O) groups is 1. The fourth-order valence-electron chi connectivity index (χ4n) is 2.06. The molecule has 0 saturated carbocycles. The van der Waals surface area contributed by atoms with Gasteiger partial charge in [-0.05, 0) is 36.4 Å². The summed E-state index contributed by atoms with van der Waals surface area (Å²) in [5.74, 6) is -0.241. The fraction of sp³-hybridized carbons (Fsp3) is 0.188. The molecule has 0 aliphatic rings. The number of sulfonamides is 1. The third kappa shape index (κ3) is 5.94. The van der Waals surface area contributed by atoms with Crippen LogP contribution >= 0.6 is 35.0 Å². The van der Waals surface area contributed by atoms with Crippen molar-refractivity contribution in [2.24, 2.45) is 5.73 Å². The highest BCUT2D eigenvalue weighted by atomic mass is 35.5. The molecule has 0 radical (unpaired) electrons. The molecule has 2 rings (SSSR count). The van der Waals surface area contributed by atoms with E-state index in [9.17, 15) is 26.4 Å². The van der Waals surface area contributed by atoms with Crippen LogP contribution in [0.1, 0.15) is 12.0 Å². The Labute approximate surface area is 173 Å². The molecular formula is C16H13Cl2F3N2O3S2. The van der Waals surface area contributed by atoms with Crippen molar-refractivity contribution in [3.63, 3.8) is 0 Å². The summed E-state index contributed by atoms with van der Waals surface area (Å²) in [5.41, 5.74) is 3.87. The van der Waals surface area contributed by atoms with Crippen LogP contribution in [0.4, 0.5) is 18.9 Å². The molecule has 2 aromatic rings. The maximum atomic E-state index is 13.0. The first-order valence-corrected chi connectivity index (χ1v) is 10.7. The minimum Gasteiger partial charge on any atom is -0.370 e. The van der Waals surface area contributed by atoms with Crippen LogP contribution < -0.4 is 10.5 Å². The number of benzene rings is 2. The van der Waals surface area contributed by atoms with Gasteiger partial charge in [-0.1, -0.05) is 23.2 Å². The van der Waals surface area contributed by atoms with Gasteiger partial charge in [0.2, 0.25) is 5.91 Å². The molecule has 0 aliphatic carbocycles. The molecule has 0 saturated heterocycles. The predicted octanol–water partition coefficient (Wildman–Crippen LogP) is 4.78. The lowest BCUT2D eigenvalue weighted by molar-refractivity contribution is -0.137. The number of primary amides is 1. The second kappa shape index (κ2) is 8.81. The van der Waals surface area contributed by atoms with E-state index in [0.29, 0.717) is 11.0 Å². The molecule has 0 aromatic heterocycles. The summed E-state index contributed by atoms with van der Waals surface area (Å²) in [6, 6.07) is 6.62. The van der Waals surface area contributed by atoms with Crippen molar-refractivity contribution >= 4 is 56.6 Å². The van der Waals surface area contributed by atoms with Crippen molar-refractivity contribution in [2.45, 2.75) is 22.4 Å². The van der Waals surface area contributed by atoms with E-state index in [1.807, 2.05) is 0 Å². The van der Waals surface area contributed by atoms with Gasteiger partial charge in [0.25, 0.3) is 10.0 Å². The lowest BCUT2D eigenvalue weighted by atomic mass is 10.2. The number of anilines is 1. The quantitative estimate of drug-likeness (QED) is 0.567. The van der Waals surface area contributed by atoms with E-state index in [1.165, 1.54) is 18.2 Å². The van der Waals surface area contributed by atoms with Gasteiger partial charge in [-0.25, -0.2) is 8.42 Å². The Morgan fingerprint density at radius 3 is 2.43 bits per heavy atom. The first-order chi connectivity index (χ1) is 12.9. The molecule has 0 fully saturated rings. The van der Waals surface area contributed by atoms with Crippen LogP contribution in [0.5, 0.6) is 0 Å². The van der Waals surface area contributed by atoms with Crippen LogP contribution in [0.15, 0.2) is 46.2 Å². The summed E-state index contributed by atoms with van der Waals surface area (Å²) in [7, 11) is -4.37. The molecular weight excluding hydrogens is 460 g/mol. The van der Waals surface area contributed by atoms with Gasteiger partial charge in [0.1, 0.15) is 0 Å². The average Bonchev–Trinajstić information content (AvgIpc) is 2.55. The Balaban J connectivity index is 2.36. The monoisotopic (exact) mass is 472 g/mol. The number of nitrogens with one attached hydrogen (secondary N) is 1. The molecule has 152 valence electrons. The smallest absolute Gasteiger partial charge is 0.370 e. The Hall–Kier alpha value is -1.62. The van der Waals surface area contributed by atoms with E-state index in [2.05, 4.69) is 4.72 Å². The van der Waals surface area contributed by atoms with E-state index in [0.717, 1.165) is 23.9 Å². The van der Waals surface area contributed by atoms with Gasteiger partial charge in [0.05, 0.1) is 21.2 Å². The molecule has 1 amide bonds. The molecule has 5 nitrogen and oxygen atoms in total. The summed E-state index contributed by atoms with van der Waals surface area (Å²) in [6.45, 7) is 0. The molecule has 0 spiro atoms. The third-order valence-electron chi connectivity index (χ3n) is 3.35. The number of carbonyl (C=O) groups excluding carboxylic acids is 1. The third-order valence-corrected chi connectivity index (χ3v) is 6.35. The normalized spacial score (nSPS) is 12.0. The van der Waals surface area contributed by atoms with Crippen LogP contribution in [0.3, 0.4) is 0 Å². The Bertz CT molecular complexity index is 999. The molecule has 0 aliphatic heterocycles. The number of amides is 1. The lowest BCUT2D eigenvalue weighted by Gasteiger charge is -2.15. The predicted molar refractivity (Wildman–Crippen MR) is 103 cm³/mol. The first-order valence-electron chi connectivity index (χ1n) is 7.50. The Kier molecular flexibility index (Phi) is 7.13. The van der Waals surface area contributed by atoms with Gasteiger partial charge in [0.15, 0.2) is 0 Å². The van der Waals surface area contributed by atoms with E-state index in [4.69, 9.17) is 28.9 Å². The Morgan fingerprint density at radius 2 is 1.82 bits per heavy atom. The molecule has 0 bridgehead atoms. The summed E-state index contributed by atoms with van der Waals surface area (Å²) < 4.78 is 66.4. The van der Waals surface area contributed by atoms with E-state index in [-0.39, 0.29) is 22.9 Å². The number of hydrogen-bond acceptors (Lipinski definition) is 4. The van der Waals surface area contributed by atoms with Crippen molar-refractivity contribution in [1.29, 1.82) is 0 Å². The van der Waals surface area contributed by atoms with E-state index >= 15 is 0 Å². The highest BCUT2D eigenvalue weighted by Crippen LogP contribution is 2.37. The van der Waals surface area contributed by atoms with Gasteiger partial charge in [-0.2, -0.15) is 13.2 Å². The van der Waals surface area contributed by atoms with Gasteiger partial charge >= 0.3 is 6.18 Å². The molecule has 3 N–H and O–H groups in total. The van der Waals surface area contributed by atoms with E-state index in [1.54, 1.807) is 0 Å². The van der Waals surface area contributed by atoms with Gasteiger partial charge < -0.3 is 5.73 Å². The SMILES string of the molecule is NC(=O)CCSc1ccc(Cl)cc1NS(=O)(=O)c1ccc(Cl)c(C(F)(F)F)c1. The van der Waals surface area contributed by atoms with Crippen LogP contribution in [-0.2, 0) is 21.0 Å². The molecule has 2 aromatic carbocycles. The fourth-order valence-corrected chi connectivity index (χ4v) is 4.57. The maximum Gasteiger partial charge on any atom is 0.417 e. The molecule has 0 heterocycles. The highest BCUT2D eigenvalue weighted by molar-refractivity contribution is 7.99. The minimum absolute atomic E-state index is 0.0606. The van der Waals surface area contributed by atoms with E-state index < -0.39 is 37.6 Å². The summed E-state index contributed by atoms with van der Waals surface area (Å²) in [4.78, 5) is 10.7. The van der Waals surface area contributed by atoms with Crippen LogP contribution in [0.2, 0.25) is 10.0 Å². The van der Waals surface area contributed by atoms with Crippen molar-refractivity contribution in [3.8, 4) is 0 Å². The van der Waals surface area contributed by atoms with Crippen molar-refractivity contribution in [1.82, 2.24) is 0 Å². The second-order valence-corrected chi connectivity index (χ2v) is 9.11. The summed E-state index contributed by atoms with van der Waals surface area (Å²) >= 11 is 12.6. The number of nitrogens with two attached hydrogens (primary N) is 1. The number of alkyl halides is 3. The van der Waals surface area contributed by atoms with Crippen molar-refractivity contribution in [3.05, 3.63) is 52.0 Å². The Morgan fingerprint density at radius 1 is 1.14 bits per heavy atom. The van der Waals surface area contributed by atoms with Gasteiger partial charge in [-0.3, -0.25) is 9.52 Å². The first kappa shape index (κ1) is 22.7. The number of hydrogen-bond donors (Lipinski definition) is 2. The molecule has 0 unspecified atom stereocenters. The zero-order valence-electron chi connectivity index (χ0n) is 13.9. The largest absolute Gasteiger partial charge is 0.417 e. The lowest BCUT2D eigenvalue weighted by Crippen LogP contribution is -2.15. The molecule has 12 heteroatoms. The number of thioether (sulfide) groups is 1. The van der Waals surface area contributed by atoms with Crippen LogP contribution in [0, 0.1) is 0 Å². The van der Waals surface area contributed by atoms with Crippen molar-refractivity contribution < 1.29 is 26.4 Å². The topological polar surface area (TPSA) is 89.3 Å². The minimum atomic E-state index is -4.81. The van der Waals surface area contributed by atoms with Gasteiger partial charge in [0, 0.05) is 22.1 Å². The summed E-state index contributed by atoms with van der Waals surface area (Å²) in [6.07, 6.45) is -4.75. The zero-order valence-corrected chi connectivity index (χ0v) is 17.0.